The van der Waals surface area contributed by atoms with E-state index in [4.69, 9.17) is 4.74 Å². The van der Waals surface area contributed by atoms with Crippen LogP contribution >= 0.6 is 0 Å². The fraction of sp³-hybridized carbons (Fsp3) is 0.737. The van der Waals surface area contributed by atoms with Crippen molar-refractivity contribution in [3.8, 4) is 0 Å². The third-order valence-electron chi connectivity index (χ3n) is 5.27. The lowest BCUT2D eigenvalue weighted by Gasteiger charge is -2.35. The minimum absolute atomic E-state index is 0.148. The van der Waals surface area contributed by atoms with Crippen LogP contribution in [0, 0.1) is 13.8 Å². The highest BCUT2D eigenvalue weighted by Crippen LogP contribution is 2.38. The Balaban J connectivity index is 1.54. The molecule has 1 aliphatic heterocycles. The molecule has 2 fully saturated rings. The molecule has 6 heteroatoms. The first kappa shape index (κ1) is 18.4. The maximum Gasteiger partial charge on any atom is 0.255 e. The molecule has 1 N–H and O–H groups in total. The van der Waals surface area contributed by atoms with E-state index in [0.717, 1.165) is 24.3 Å². The SMILES string of the molecule is CCOCC(O)CN1CCN(C(=O)c2cc(C)n(C3CC3)c2C)CC1. The number of nitrogens with zero attached hydrogens (tertiary/aromatic N) is 3. The van der Waals surface area contributed by atoms with Crippen LogP contribution in [-0.2, 0) is 4.74 Å². The third-order valence-corrected chi connectivity index (χ3v) is 5.27. The van der Waals surface area contributed by atoms with Crippen LogP contribution < -0.4 is 0 Å². The number of aryl methyl sites for hydroxylation is 1. The first-order valence-corrected chi connectivity index (χ1v) is 9.47. The number of carbonyl (C=O) groups is 1. The Hall–Kier alpha value is -1.37. The first-order valence-electron chi connectivity index (χ1n) is 9.47. The van der Waals surface area contributed by atoms with Crippen molar-refractivity contribution < 1.29 is 14.6 Å². The molecule has 1 saturated heterocycles. The van der Waals surface area contributed by atoms with Gasteiger partial charge in [0.15, 0.2) is 0 Å². The van der Waals surface area contributed by atoms with Crippen molar-refractivity contribution in [2.24, 2.45) is 0 Å². The fourth-order valence-electron chi connectivity index (χ4n) is 3.80. The molecule has 6 nitrogen and oxygen atoms in total. The summed E-state index contributed by atoms with van der Waals surface area (Å²) in [5.41, 5.74) is 3.16. The van der Waals surface area contributed by atoms with Crippen LogP contribution in [0.15, 0.2) is 6.07 Å². The molecule has 0 aromatic carbocycles. The number of piperazine rings is 1. The van der Waals surface area contributed by atoms with E-state index in [1.54, 1.807) is 0 Å². The summed E-state index contributed by atoms with van der Waals surface area (Å²) in [4.78, 5) is 17.1. The Morgan fingerprint density at radius 2 is 1.96 bits per heavy atom. The summed E-state index contributed by atoms with van der Waals surface area (Å²) >= 11 is 0. The zero-order valence-corrected chi connectivity index (χ0v) is 15.7. The molecule has 1 saturated carbocycles. The molecule has 0 radical (unpaired) electrons. The van der Waals surface area contributed by atoms with Crippen LogP contribution in [0.2, 0.25) is 0 Å². The molecule has 1 atom stereocenters. The quantitative estimate of drug-likeness (QED) is 0.812. The van der Waals surface area contributed by atoms with E-state index < -0.39 is 6.10 Å². The molecule has 2 aliphatic rings. The standard InChI is InChI=1S/C19H31N3O3/c1-4-25-13-17(23)12-20-7-9-21(10-8-20)19(24)18-11-14(2)22(15(18)3)16-5-6-16/h11,16-17,23H,4-10,12-13H2,1-3H3. The van der Waals surface area contributed by atoms with Gasteiger partial charge in [0.05, 0.1) is 18.3 Å². The van der Waals surface area contributed by atoms with Crippen molar-refractivity contribution in [2.75, 3.05) is 45.9 Å². The van der Waals surface area contributed by atoms with E-state index >= 15 is 0 Å². The number of ether oxygens (including phenoxy) is 1. The van der Waals surface area contributed by atoms with Crippen molar-refractivity contribution in [1.29, 1.82) is 0 Å². The van der Waals surface area contributed by atoms with Crippen LogP contribution in [0.3, 0.4) is 0 Å². The topological polar surface area (TPSA) is 57.9 Å². The summed E-state index contributed by atoms with van der Waals surface area (Å²) in [6, 6.07) is 2.65. The normalized spacial score (nSPS) is 20.1. The van der Waals surface area contributed by atoms with Gasteiger partial charge >= 0.3 is 0 Å². The molecule has 25 heavy (non-hydrogen) atoms. The molecule has 1 aromatic rings. The molecule has 1 amide bonds. The molecule has 0 spiro atoms. The molecule has 1 unspecified atom stereocenters. The number of carbonyl (C=O) groups excluding carboxylic acids is 1. The number of hydrogen-bond donors (Lipinski definition) is 1. The predicted octanol–water partition coefficient (Wildman–Crippen LogP) is 1.60. The molecular weight excluding hydrogens is 318 g/mol. The second-order valence-corrected chi connectivity index (χ2v) is 7.29. The summed E-state index contributed by atoms with van der Waals surface area (Å²) < 4.78 is 7.59. The van der Waals surface area contributed by atoms with E-state index in [1.807, 2.05) is 17.9 Å². The lowest BCUT2D eigenvalue weighted by molar-refractivity contribution is 0.0111. The van der Waals surface area contributed by atoms with Gasteiger partial charge in [-0.05, 0) is 39.7 Å². The maximum absolute atomic E-state index is 12.9. The number of amides is 1. The minimum atomic E-state index is -0.459. The Kier molecular flexibility index (Phi) is 5.81. The number of rotatable bonds is 7. The lowest BCUT2D eigenvalue weighted by atomic mass is 10.2. The van der Waals surface area contributed by atoms with Crippen LogP contribution in [0.4, 0.5) is 0 Å². The average Bonchev–Trinajstić information content (AvgIpc) is 3.38. The van der Waals surface area contributed by atoms with Crippen LogP contribution in [0.1, 0.15) is 47.6 Å². The monoisotopic (exact) mass is 349 g/mol. The number of hydrogen-bond acceptors (Lipinski definition) is 4. The van der Waals surface area contributed by atoms with E-state index in [-0.39, 0.29) is 5.91 Å². The highest BCUT2D eigenvalue weighted by molar-refractivity contribution is 5.95. The highest BCUT2D eigenvalue weighted by atomic mass is 16.5. The molecule has 1 aliphatic carbocycles. The van der Waals surface area contributed by atoms with Gasteiger partial charge in [0, 0.05) is 56.8 Å². The summed E-state index contributed by atoms with van der Waals surface area (Å²) in [6.07, 6.45) is 2.00. The van der Waals surface area contributed by atoms with Gasteiger partial charge in [0.2, 0.25) is 0 Å². The Bertz CT molecular complexity index is 601. The molecule has 0 bridgehead atoms. The summed E-state index contributed by atoms with van der Waals surface area (Å²) in [5, 5.41) is 9.96. The average molecular weight is 349 g/mol. The van der Waals surface area contributed by atoms with E-state index in [0.29, 0.717) is 38.9 Å². The largest absolute Gasteiger partial charge is 0.389 e. The number of aliphatic hydroxyl groups excluding tert-OH is 1. The smallest absolute Gasteiger partial charge is 0.255 e. The van der Waals surface area contributed by atoms with Gasteiger partial charge in [-0.2, -0.15) is 0 Å². The van der Waals surface area contributed by atoms with Crippen LogP contribution in [-0.4, -0.2) is 77.4 Å². The highest BCUT2D eigenvalue weighted by Gasteiger charge is 2.30. The Morgan fingerprint density at radius 3 is 2.56 bits per heavy atom. The number of β-amino-alcohol motifs (C(OH)–C–C–N with tert-alkyl or cyclic N) is 1. The van der Waals surface area contributed by atoms with Crippen LogP contribution in [0.5, 0.6) is 0 Å². The van der Waals surface area contributed by atoms with Gasteiger partial charge in [0.1, 0.15) is 0 Å². The molecule has 140 valence electrons. The van der Waals surface area contributed by atoms with E-state index in [9.17, 15) is 9.90 Å². The molecule has 2 heterocycles. The van der Waals surface area contributed by atoms with Crippen molar-refractivity contribution >= 4 is 5.91 Å². The molecule has 1 aromatic heterocycles. The summed E-state index contributed by atoms with van der Waals surface area (Å²) in [7, 11) is 0. The van der Waals surface area contributed by atoms with Crippen molar-refractivity contribution in [2.45, 2.75) is 45.8 Å². The van der Waals surface area contributed by atoms with Gasteiger partial charge in [0.25, 0.3) is 5.91 Å². The third kappa shape index (κ3) is 4.25. The lowest BCUT2D eigenvalue weighted by Crippen LogP contribution is -2.50. The zero-order valence-electron chi connectivity index (χ0n) is 15.7. The molecule has 3 rings (SSSR count). The number of aromatic nitrogens is 1. The van der Waals surface area contributed by atoms with Gasteiger partial charge in [-0.25, -0.2) is 0 Å². The van der Waals surface area contributed by atoms with Crippen molar-refractivity contribution in [1.82, 2.24) is 14.4 Å². The maximum atomic E-state index is 12.9. The van der Waals surface area contributed by atoms with Crippen molar-refractivity contribution in [3.63, 3.8) is 0 Å². The predicted molar refractivity (Wildman–Crippen MR) is 97.0 cm³/mol. The van der Waals surface area contributed by atoms with Crippen molar-refractivity contribution in [3.05, 3.63) is 23.0 Å². The Morgan fingerprint density at radius 1 is 1.28 bits per heavy atom. The Labute approximate surface area is 150 Å². The molecular formula is C19H31N3O3. The summed E-state index contributed by atoms with van der Waals surface area (Å²) in [6.45, 7) is 10.7. The van der Waals surface area contributed by atoms with E-state index in [1.165, 1.54) is 18.5 Å². The van der Waals surface area contributed by atoms with E-state index in [2.05, 4.69) is 23.3 Å². The van der Waals surface area contributed by atoms with Gasteiger partial charge in [-0.15, -0.1) is 0 Å². The number of aliphatic hydroxyl groups is 1. The van der Waals surface area contributed by atoms with Gasteiger partial charge in [-0.3, -0.25) is 9.69 Å². The first-order chi connectivity index (χ1) is 12.0. The second kappa shape index (κ2) is 7.89. The second-order valence-electron chi connectivity index (χ2n) is 7.29. The minimum Gasteiger partial charge on any atom is -0.389 e. The van der Waals surface area contributed by atoms with Gasteiger partial charge in [-0.1, -0.05) is 0 Å². The zero-order chi connectivity index (χ0) is 18.0. The van der Waals surface area contributed by atoms with Gasteiger partial charge < -0.3 is 19.3 Å². The summed E-state index contributed by atoms with van der Waals surface area (Å²) in [5.74, 6) is 0.148. The fourth-order valence-corrected chi connectivity index (χ4v) is 3.80. The van der Waals surface area contributed by atoms with Crippen LogP contribution in [0.25, 0.3) is 0 Å².